The fourth-order valence-electron chi connectivity index (χ4n) is 4.13. The highest BCUT2D eigenvalue weighted by atomic mass is 16.7. The van der Waals surface area contributed by atoms with Crippen LogP contribution >= 0.6 is 0 Å². The number of fused-ring (bicyclic) bond motifs is 1. The van der Waals surface area contributed by atoms with Gasteiger partial charge in [-0.3, -0.25) is 19.5 Å². The summed E-state index contributed by atoms with van der Waals surface area (Å²) in [5.74, 6) is 0.0657. The smallest absolute Gasteiger partial charge is 0.250 e. The Kier molecular flexibility index (Phi) is 4.52. The van der Waals surface area contributed by atoms with Gasteiger partial charge >= 0.3 is 0 Å². The first-order valence-corrected chi connectivity index (χ1v) is 8.93. The van der Waals surface area contributed by atoms with Gasteiger partial charge in [-0.1, -0.05) is 6.07 Å². The van der Waals surface area contributed by atoms with E-state index in [2.05, 4.69) is 16.0 Å². The van der Waals surface area contributed by atoms with E-state index in [0.29, 0.717) is 19.2 Å². The van der Waals surface area contributed by atoms with E-state index in [0.717, 1.165) is 50.3 Å². The molecule has 130 valence electrons. The monoisotopic (exact) mass is 331 g/mol. The number of likely N-dealkylation sites (tertiary alicyclic amines) is 1. The molecule has 3 aliphatic heterocycles. The number of ether oxygens (including phenoxy) is 1. The maximum atomic E-state index is 12.7. The average molecular weight is 331 g/mol. The molecule has 0 N–H and O–H groups in total. The molecule has 0 radical (unpaired) electrons. The fourth-order valence-corrected chi connectivity index (χ4v) is 4.13. The van der Waals surface area contributed by atoms with Gasteiger partial charge in [-0.05, 0) is 38.3 Å². The summed E-state index contributed by atoms with van der Waals surface area (Å²) in [5.41, 5.74) is 2.09. The number of carbonyl (C=O) groups is 1. The van der Waals surface area contributed by atoms with E-state index in [1.807, 2.05) is 19.1 Å². The van der Waals surface area contributed by atoms with Crippen LogP contribution in [0.15, 0.2) is 18.2 Å². The molecule has 0 saturated carbocycles. The van der Waals surface area contributed by atoms with E-state index in [1.54, 1.807) is 5.06 Å². The van der Waals surface area contributed by atoms with Crippen LogP contribution in [0.25, 0.3) is 0 Å². The minimum absolute atomic E-state index is 0.0488. The van der Waals surface area contributed by atoms with Crippen molar-refractivity contribution in [1.82, 2.24) is 14.9 Å². The van der Waals surface area contributed by atoms with Gasteiger partial charge in [0, 0.05) is 31.4 Å². The largest absolute Gasteiger partial charge is 0.377 e. The first-order chi connectivity index (χ1) is 11.7. The molecule has 0 bridgehead atoms. The third-order valence-corrected chi connectivity index (χ3v) is 5.27. The summed E-state index contributed by atoms with van der Waals surface area (Å²) in [6.45, 7) is 5.70. The minimum atomic E-state index is -0.0488. The third kappa shape index (κ3) is 3.18. The average Bonchev–Trinajstić information content (AvgIpc) is 3.25. The number of hydrogen-bond donors (Lipinski definition) is 0. The number of amides is 1. The molecule has 4 rings (SSSR count). The van der Waals surface area contributed by atoms with Crippen molar-refractivity contribution < 1.29 is 14.4 Å². The van der Waals surface area contributed by atoms with Crippen LogP contribution in [0.3, 0.4) is 0 Å². The van der Waals surface area contributed by atoms with Crippen molar-refractivity contribution in [1.29, 1.82) is 0 Å². The topological polar surface area (TPSA) is 54.9 Å². The van der Waals surface area contributed by atoms with Crippen LogP contribution in [0.5, 0.6) is 0 Å². The predicted molar refractivity (Wildman–Crippen MR) is 87.9 cm³/mol. The Morgan fingerprint density at radius 3 is 3.08 bits per heavy atom. The van der Waals surface area contributed by atoms with Gasteiger partial charge in [-0.15, -0.1) is 0 Å². The Morgan fingerprint density at radius 2 is 2.29 bits per heavy atom. The van der Waals surface area contributed by atoms with Crippen molar-refractivity contribution in [2.24, 2.45) is 5.92 Å². The molecule has 1 amide bonds. The van der Waals surface area contributed by atoms with E-state index >= 15 is 0 Å². The Hall–Kier alpha value is -1.50. The van der Waals surface area contributed by atoms with E-state index < -0.39 is 0 Å². The van der Waals surface area contributed by atoms with E-state index in [9.17, 15) is 4.79 Å². The molecule has 3 saturated heterocycles. The molecule has 6 nitrogen and oxygen atoms in total. The molecule has 6 heteroatoms. The normalized spacial score (nSPS) is 30.5. The second-order valence-corrected chi connectivity index (χ2v) is 7.02. The lowest BCUT2D eigenvalue weighted by atomic mass is 9.89. The molecule has 0 spiro atoms. The van der Waals surface area contributed by atoms with Crippen molar-refractivity contribution in [2.75, 3.05) is 26.3 Å². The van der Waals surface area contributed by atoms with Crippen molar-refractivity contribution in [2.45, 2.75) is 44.9 Å². The van der Waals surface area contributed by atoms with Gasteiger partial charge in [0.2, 0.25) is 0 Å². The summed E-state index contributed by atoms with van der Waals surface area (Å²) >= 11 is 0. The Bertz CT molecular complexity index is 603. The zero-order chi connectivity index (χ0) is 16.5. The van der Waals surface area contributed by atoms with Crippen LogP contribution in [-0.2, 0) is 20.9 Å². The van der Waals surface area contributed by atoms with E-state index in [1.165, 1.54) is 0 Å². The van der Waals surface area contributed by atoms with Gasteiger partial charge in [-0.25, -0.2) is 5.06 Å². The van der Waals surface area contributed by atoms with E-state index in [4.69, 9.17) is 9.57 Å². The molecule has 3 atom stereocenters. The molecule has 1 aromatic heterocycles. The van der Waals surface area contributed by atoms with Crippen molar-refractivity contribution in [3.8, 4) is 0 Å². The Labute approximate surface area is 142 Å². The SMILES string of the molecule is Cc1cccc(CN2C[C@H](C(=O)N3CCCO3)C[C@@H]3OCC[C@@H]32)n1. The molecular weight excluding hydrogens is 306 g/mol. The molecule has 0 aromatic carbocycles. The lowest BCUT2D eigenvalue weighted by Crippen LogP contribution is -2.52. The maximum Gasteiger partial charge on any atom is 0.250 e. The quantitative estimate of drug-likeness (QED) is 0.841. The van der Waals surface area contributed by atoms with Crippen molar-refractivity contribution in [3.05, 3.63) is 29.6 Å². The third-order valence-electron chi connectivity index (χ3n) is 5.27. The van der Waals surface area contributed by atoms with E-state index in [-0.39, 0.29) is 17.9 Å². The number of hydrogen-bond acceptors (Lipinski definition) is 5. The van der Waals surface area contributed by atoms with Crippen LogP contribution in [0.4, 0.5) is 0 Å². The lowest BCUT2D eigenvalue weighted by molar-refractivity contribution is -0.177. The van der Waals surface area contributed by atoms with Gasteiger partial charge in [0.15, 0.2) is 0 Å². The Balaban J connectivity index is 1.49. The minimum Gasteiger partial charge on any atom is -0.377 e. The predicted octanol–water partition coefficient (Wildman–Crippen LogP) is 1.53. The zero-order valence-electron chi connectivity index (χ0n) is 14.2. The second-order valence-electron chi connectivity index (χ2n) is 7.02. The number of hydroxylamine groups is 2. The highest BCUT2D eigenvalue weighted by Crippen LogP contribution is 2.33. The molecule has 4 heterocycles. The highest BCUT2D eigenvalue weighted by Gasteiger charge is 2.43. The summed E-state index contributed by atoms with van der Waals surface area (Å²) in [7, 11) is 0. The van der Waals surface area contributed by atoms with Gasteiger partial charge in [0.25, 0.3) is 5.91 Å². The number of carbonyl (C=O) groups excluding carboxylic acids is 1. The summed E-state index contributed by atoms with van der Waals surface area (Å²) in [4.78, 5) is 25.2. The first kappa shape index (κ1) is 16.0. The van der Waals surface area contributed by atoms with Crippen LogP contribution in [0.1, 0.15) is 30.7 Å². The molecule has 24 heavy (non-hydrogen) atoms. The van der Waals surface area contributed by atoms with Gasteiger partial charge in [0.1, 0.15) is 0 Å². The number of aryl methyl sites for hydroxylation is 1. The molecule has 1 aromatic rings. The fraction of sp³-hybridized carbons (Fsp3) is 0.667. The number of aromatic nitrogens is 1. The maximum absolute atomic E-state index is 12.7. The van der Waals surface area contributed by atoms with Gasteiger partial charge < -0.3 is 4.74 Å². The molecule has 0 aliphatic carbocycles. The molecule has 3 aliphatic rings. The summed E-state index contributed by atoms with van der Waals surface area (Å²) in [6.07, 6.45) is 2.93. The standard InChI is InChI=1S/C18H25N3O3/c1-13-4-2-5-15(19-13)12-20-11-14(10-17-16(20)6-9-23-17)18(22)21-7-3-8-24-21/h2,4-5,14,16-17H,3,6-12H2,1H3/t14-,16+,17+/m1/s1. The highest BCUT2D eigenvalue weighted by molar-refractivity contribution is 5.78. The van der Waals surface area contributed by atoms with Crippen LogP contribution in [0, 0.1) is 12.8 Å². The summed E-state index contributed by atoms with van der Waals surface area (Å²) in [6, 6.07) is 6.52. The van der Waals surface area contributed by atoms with Crippen LogP contribution < -0.4 is 0 Å². The second kappa shape index (κ2) is 6.78. The Morgan fingerprint density at radius 1 is 1.38 bits per heavy atom. The first-order valence-electron chi connectivity index (χ1n) is 8.93. The molecule has 3 fully saturated rings. The number of pyridine rings is 1. The summed E-state index contributed by atoms with van der Waals surface area (Å²) in [5, 5.41) is 1.56. The number of nitrogens with zero attached hydrogens (tertiary/aromatic N) is 3. The molecular formula is C18H25N3O3. The van der Waals surface area contributed by atoms with Crippen molar-refractivity contribution in [3.63, 3.8) is 0 Å². The van der Waals surface area contributed by atoms with Gasteiger partial charge in [-0.2, -0.15) is 0 Å². The summed E-state index contributed by atoms with van der Waals surface area (Å²) < 4.78 is 5.92. The van der Waals surface area contributed by atoms with Crippen LogP contribution in [-0.4, -0.2) is 59.3 Å². The molecule has 0 unspecified atom stereocenters. The lowest BCUT2D eigenvalue weighted by Gasteiger charge is -2.40. The van der Waals surface area contributed by atoms with Gasteiger partial charge in [0.05, 0.1) is 30.9 Å². The van der Waals surface area contributed by atoms with Crippen LogP contribution in [0.2, 0.25) is 0 Å². The number of rotatable bonds is 3. The zero-order valence-corrected chi connectivity index (χ0v) is 14.2. The van der Waals surface area contributed by atoms with Crippen molar-refractivity contribution >= 4 is 5.91 Å². The number of piperidine rings is 1.